The van der Waals surface area contributed by atoms with Crippen molar-refractivity contribution >= 4 is 18.6 Å². The van der Waals surface area contributed by atoms with Crippen molar-refractivity contribution in [3.8, 4) is 0 Å². The van der Waals surface area contributed by atoms with Crippen LogP contribution in [0.5, 0.6) is 0 Å². The molecule has 0 aliphatic heterocycles. The van der Waals surface area contributed by atoms with E-state index in [-0.39, 0.29) is 13.0 Å². The Morgan fingerprint density at radius 1 is 1.29 bits per heavy atom. The van der Waals surface area contributed by atoms with E-state index in [0.29, 0.717) is 6.42 Å². The average molecular weight is 274 g/mol. The zero-order valence-electron chi connectivity index (χ0n) is 9.57. The molecule has 1 atom stereocenters. The van der Waals surface area contributed by atoms with Gasteiger partial charge in [-0.05, 0) is 12.0 Å². The third-order valence-electron chi connectivity index (χ3n) is 2.16. The van der Waals surface area contributed by atoms with Gasteiger partial charge in [-0.15, -0.1) is 0 Å². The van der Waals surface area contributed by atoms with Gasteiger partial charge in [0, 0.05) is 6.42 Å². The molecule has 0 saturated heterocycles. The summed E-state index contributed by atoms with van der Waals surface area (Å²) in [5, 5.41) is 0. The van der Waals surface area contributed by atoms with Gasteiger partial charge in [0.25, 0.3) is 10.1 Å². The summed E-state index contributed by atoms with van der Waals surface area (Å²) in [4.78, 5) is -1.03. The van der Waals surface area contributed by atoms with Gasteiger partial charge in [0.2, 0.25) is 0 Å². The van der Waals surface area contributed by atoms with Crippen LogP contribution < -0.4 is 0 Å². The molecule has 0 saturated carbocycles. The Morgan fingerprint density at radius 2 is 1.94 bits per heavy atom. The summed E-state index contributed by atoms with van der Waals surface area (Å²) in [7, 11) is -4.19. The summed E-state index contributed by atoms with van der Waals surface area (Å²) in [6, 6.07) is 9.07. The Hall–Kier alpha value is -0.770. The highest BCUT2D eigenvalue weighted by Crippen LogP contribution is 2.21. The van der Waals surface area contributed by atoms with Crippen molar-refractivity contribution in [3.63, 3.8) is 0 Å². The molecule has 17 heavy (non-hydrogen) atoms. The lowest BCUT2D eigenvalue weighted by molar-refractivity contribution is 0.316. The van der Waals surface area contributed by atoms with E-state index in [1.54, 1.807) is 12.1 Å². The second kappa shape index (κ2) is 6.84. The maximum absolute atomic E-state index is 11.7. The first-order valence-corrected chi connectivity index (χ1v) is 7.70. The van der Waals surface area contributed by atoms with Crippen molar-refractivity contribution in [2.24, 2.45) is 0 Å². The van der Waals surface area contributed by atoms with Crippen molar-refractivity contribution < 1.29 is 17.2 Å². The lowest BCUT2D eigenvalue weighted by atomic mass is 10.2. The van der Waals surface area contributed by atoms with Crippen LogP contribution in [0, 0.1) is 0 Å². The van der Waals surface area contributed by atoms with Gasteiger partial charge in [0.15, 0.2) is 13.5 Å². The van der Waals surface area contributed by atoms with Gasteiger partial charge in [0.1, 0.15) is 0 Å². The monoisotopic (exact) mass is 274 g/mol. The Kier molecular flexibility index (Phi) is 5.75. The van der Waals surface area contributed by atoms with Gasteiger partial charge in [-0.1, -0.05) is 37.3 Å². The molecule has 0 radical (unpaired) electrons. The van der Waals surface area contributed by atoms with Crippen LogP contribution in [0.1, 0.15) is 18.9 Å². The van der Waals surface area contributed by atoms with Gasteiger partial charge < -0.3 is 0 Å². The van der Waals surface area contributed by atoms with Crippen molar-refractivity contribution in [2.45, 2.75) is 24.8 Å². The molecule has 6 heteroatoms. The summed E-state index contributed by atoms with van der Waals surface area (Å²) in [5.41, 5.74) is 0.824. The molecule has 0 heterocycles. The zero-order chi connectivity index (χ0) is 12.7. The highest BCUT2D eigenvalue weighted by molar-refractivity contribution is 7.91. The van der Waals surface area contributed by atoms with E-state index in [1.807, 2.05) is 25.1 Å². The summed E-state index contributed by atoms with van der Waals surface area (Å²) < 4.78 is 39.1. The molecule has 1 unspecified atom stereocenters. The lowest BCUT2D eigenvalue weighted by Crippen LogP contribution is -2.21. The summed E-state index contributed by atoms with van der Waals surface area (Å²) in [6.07, 6.45) is 0.797. The fourth-order valence-corrected chi connectivity index (χ4v) is 3.13. The topological polar surface area (TPSA) is 60.4 Å². The largest absolute Gasteiger partial charge is 0.281 e. The third-order valence-corrected chi connectivity index (χ3v) is 4.93. The van der Waals surface area contributed by atoms with E-state index in [4.69, 9.17) is 4.18 Å². The van der Waals surface area contributed by atoms with Crippen LogP contribution >= 0.6 is 8.46 Å². The second-order valence-electron chi connectivity index (χ2n) is 3.56. The van der Waals surface area contributed by atoms with E-state index in [1.165, 1.54) is 0 Å². The van der Waals surface area contributed by atoms with E-state index >= 15 is 0 Å². The molecule has 94 valence electrons. The van der Waals surface area contributed by atoms with Crippen LogP contribution in [-0.4, -0.2) is 20.0 Å². The molecule has 1 aromatic carbocycles. The van der Waals surface area contributed by atoms with Gasteiger partial charge in [-0.25, -0.2) is 0 Å². The normalized spacial score (nSPS) is 13.7. The van der Waals surface area contributed by atoms with E-state index in [2.05, 4.69) is 0 Å². The minimum Gasteiger partial charge on any atom is -0.273 e. The van der Waals surface area contributed by atoms with E-state index in [0.717, 1.165) is 5.56 Å². The van der Waals surface area contributed by atoms with E-state index in [9.17, 15) is 13.0 Å². The minimum atomic E-state index is -3.76. The van der Waals surface area contributed by atoms with Crippen LogP contribution in [0.2, 0.25) is 0 Å². The number of rotatable bonds is 7. The average Bonchev–Trinajstić information content (AvgIpc) is 2.34. The fourth-order valence-electron chi connectivity index (χ4n) is 1.29. The highest BCUT2D eigenvalue weighted by Gasteiger charge is 2.27. The zero-order valence-corrected chi connectivity index (χ0v) is 11.3. The first-order valence-electron chi connectivity index (χ1n) is 5.34. The van der Waals surface area contributed by atoms with Crippen LogP contribution in [0.3, 0.4) is 0 Å². The van der Waals surface area contributed by atoms with Crippen molar-refractivity contribution in [3.05, 3.63) is 35.9 Å². The lowest BCUT2D eigenvalue weighted by Gasteiger charge is -2.10. The van der Waals surface area contributed by atoms with Gasteiger partial charge in [-0.2, -0.15) is 8.42 Å². The maximum Gasteiger partial charge on any atom is 0.281 e. The Bertz CT molecular complexity index is 444. The Labute approximate surface area is 103 Å². The van der Waals surface area contributed by atoms with Crippen LogP contribution in [0.25, 0.3) is 0 Å². The molecule has 0 fully saturated rings. The molecule has 0 amide bonds. The molecule has 0 spiro atoms. The van der Waals surface area contributed by atoms with Crippen LogP contribution in [0.15, 0.2) is 30.3 Å². The molecule has 0 N–H and O–H groups in total. The molecule has 0 aliphatic carbocycles. The molecule has 0 aromatic heterocycles. The quantitative estimate of drug-likeness (QED) is 0.566. The molecular formula is C11H15O4PS. The molecule has 1 aromatic rings. The van der Waals surface area contributed by atoms with Gasteiger partial charge >= 0.3 is 0 Å². The molecule has 0 aliphatic rings. The predicted molar refractivity (Wildman–Crippen MR) is 66.7 cm³/mol. The number of hydrogen-bond acceptors (Lipinski definition) is 4. The molecule has 0 bridgehead atoms. The number of hydrogen-bond donors (Lipinski definition) is 0. The SMILES string of the molecule is CCCOS(=O)(=O)C(Cc1ccccc1)P=O. The third kappa shape index (κ3) is 4.54. The van der Waals surface area contributed by atoms with Crippen molar-refractivity contribution in [1.82, 2.24) is 0 Å². The highest BCUT2D eigenvalue weighted by atomic mass is 32.2. The van der Waals surface area contributed by atoms with Crippen LogP contribution in [-0.2, 0) is 25.3 Å². The molecule has 1 rings (SSSR count). The Balaban J connectivity index is 2.75. The molecular weight excluding hydrogens is 259 g/mol. The predicted octanol–water partition coefficient (Wildman–Crippen LogP) is 2.60. The maximum atomic E-state index is 11.7. The van der Waals surface area contributed by atoms with Crippen molar-refractivity contribution in [1.29, 1.82) is 0 Å². The van der Waals surface area contributed by atoms with Crippen molar-refractivity contribution in [2.75, 3.05) is 6.61 Å². The second-order valence-corrected chi connectivity index (χ2v) is 6.54. The van der Waals surface area contributed by atoms with Crippen LogP contribution in [0.4, 0.5) is 0 Å². The summed E-state index contributed by atoms with van der Waals surface area (Å²) >= 11 is 0. The van der Waals surface area contributed by atoms with Gasteiger partial charge in [-0.3, -0.25) is 8.75 Å². The minimum absolute atomic E-state index is 0.128. The fraction of sp³-hybridized carbons (Fsp3) is 0.455. The summed E-state index contributed by atoms with van der Waals surface area (Å²) in [5.74, 6) is 0. The Morgan fingerprint density at radius 3 is 2.47 bits per heavy atom. The number of benzene rings is 1. The van der Waals surface area contributed by atoms with E-state index < -0.39 is 23.6 Å². The summed E-state index contributed by atoms with van der Waals surface area (Å²) in [6.45, 7) is 1.94. The first-order chi connectivity index (χ1) is 8.10. The van der Waals surface area contributed by atoms with Gasteiger partial charge in [0.05, 0.1) is 6.61 Å². The smallest absolute Gasteiger partial charge is 0.273 e. The standard InChI is InChI=1S/C11H15O4PS/c1-2-8-15-17(13,14)11(16-12)9-10-6-4-3-5-7-10/h3-7,11H,2,8-9H2,1H3. The first kappa shape index (κ1) is 14.3. The molecule has 4 nitrogen and oxygen atoms in total.